The van der Waals surface area contributed by atoms with Gasteiger partial charge in [-0.3, -0.25) is 5.10 Å². The summed E-state index contributed by atoms with van der Waals surface area (Å²) in [5, 5.41) is 6.43. The first-order valence-corrected chi connectivity index (χ1v) is 7.26. The van der Waals surface area contributed by atoms with Crippen LogP contribution in [0, 0.1) is 0 Å². The third-order valence-electron chi connectivity index (χ3n) is 2.87. The fourth-order valence-electron chi connectivity index (χ4n) is 1.74. The predicted molar refractivity (Wildman–Crippen MR) is 74.6 cm³/mol. The van der Waals surface area contributed by atoms with Crippen molar-refractivity contribution in [3.8, 4) is 5.75 Å². The molecule has 0 atom stereocenters. The van der Waals surface area contributed by atoms with Gasteiger partial charge in [-0.15, -0.1) is 0 Å². The van der Waals surface area contributed by atoms with E-state index in [9.17, 15) is 8.42 Å². The molecule has 0 radical (unpaired) electrons. The number of nitrogens with two attached hydrogens (primary N) is 1. The lowest BCUT2D eigenvalue weighted by Crippen LogP contribution is -2.26. The molecule has 3 N–H and O–H groups in total. The zero-order valence-corrected chi connectivity index (χ0v) is 12.0. The average molecular weight is 296 g/mol. The number of nitrogen functional groups attached to an aromatic ring is 1. The molecule has 108 valence electrons. The van der Waals surface area contributed by atoms with Gasteiger partial charge in [0.05, 0.1) is 23.9 Å². The molecule has 1 aromatic carbocycles. The number of anilines is 1. The van der Waals surface area contributed by atoms with Crippen LogP contribution in [0.4, 0.5) is 5.69 Å². The Morgan fingerprint density at radius 3 is 2.80 bits per heavy atom. The molecule has 1 aromatic heterocycles. The van der Waals surface area contributed by atoms with Crippen molar-refractivity contribution < 1.29 is 13.2 Å². The van der Waals surface area contributed by atoms with Crippen molar-refractivity contribution in [2.75, 3.05) is 19.9 Å². The van der Waals surface area contributed by atoms with Crippen molar-refractivity contribution in [3.63, 3.8) is 0 Å². The average Bonchev–Trinajstić information content (AvgIpc) is 2.91. The minimum atomic E-state index is -3.61. The summed E-state index contributed by atoms with van der Waals surface area (Å²) in [7, 11) is -0.661. The van der Waals surface area contributed by atoms with Crippen molar-refractivity contribution >= 4 is 15.7 Å². The summed E-state index contributed by atoms with van der Waals surface area (Å²) in [5.74, 6) is 0.336. The number of sulfonamides is 1. The third kappa shape index (κ3) is 2.75. The van der Waals surface area contributed by atoms with E-state index in [4.69, 9.17) is 10.5 Å². The number of hydrogen-bond acceptors (Lipinski definition) is 5. The number of methoxy groups -OCH3 is 1. The molecule has 0 aliphatic rings. The van der Waals surface area contributed by atoms with Crippen molar-refractivity contribution in [1.82, 2.24) is 14.5 Å². The molecule has 7 nitrogen and oxygen atoms in total. The van der Waals surface area contributed by atoms with Gasteiger partial charge >= 0.3 is 0 Å². The molecular weight excluding hydrogens is 280 g/mol. The van der Waals surface area contributed by atoms with Crippen LogP contribution in [0.25, 0.3) is 0 Å². The van der Waals surface area contributed by atoms with Gasteiger partial charge in [0.1, 0.15) is 5.75 Å². The molecule has 0 aliphatic heterocycles. The Labute approximate surface area is 117 Å². The molecule has 2 aromatic rings. The summed E-state index contributed by atoms with van der Waals surface area (Å²) in [4.78, 5) is 0.134. The van der Waals surface area contributed by atoms with E-state index in [0.717, 1.165) is 5.56 Å². The second-order valence-corrected chi connectivity index (χ2v) is 6.32. The molecule has 2 rings (SSSR count). The molecule has 0 unspecified atom stereocenters. The number of aromatic nitrogens is 2. The van der Waals surface area contributed by atoms with Crippen molar-refractivity contribution in [2.45, 2.75) is 11.4 Å². The smallest absolute Gasteiger partial charge is 0.243 e. The van der Waals surface area contributed by atoms with E-state index >= 15 is 0 Å². The van der Waals surface area contributed by atoms with Gasteiger partial charge in [-0.1, -0.05) is 0 Å². The summed E-state index contributed by atoms with van der Waals surface area (Å²) in [5.41, 5.74) is 6.85. The molecule has 0 aliphatic carbocycles. The topological polar surface area (TPSA) is 101 Å². The summed E-state index contributed by atoms with van der Waals surface area (Å²) in [6, 6.07) is 4.38. The van der Waals surface area contributed by atoms with Crippen LogP contribution in [0.3, 0.4) is 0 Å². The van der Waals surface area contributed by atoms with Gasteiger partial charge in [-0.2, -0.15) is 9.40 Å². The number of rotatable bonds is 5. The van der Waals surface area contributed by atoms with Gasteiger partial charge in [0.2, 0.25) is 10.0 Å². The van der Waals surface area contributed by atoms with Crippen molar-refractivity contribution in [3.05, 3.63) is 36.2 Å². The zero-order chi connectivity index (χ0) is 14.8. The Morgan fingerprint density at radius 1 is 1.45 bits per heavy atom. The number of hydrogen-bond donors (Lipinski definition) is 2. The van der Waals surface area contributed by atoms with E-state index in [1.165, 1.54) is 36.7 Å². The van der Waals surface area contributed by atoms with E-state index in [0.29, 0.717) is 11.4 Å². The van der Waals surface area contributed by atoms with Crippen LogP contribution in [-0.2, 0) is 16.6 Å². The summed E-state index contributed by atoms with van der Waals surface area (Å²) in [6.07, 6.45) is 3.23. The number of nitrogens with zero attached hydrogens (tertiary/aromatic N) is 2. The molecule has 0 saturated heterocycles. The van der Waals surface area contributed by atoms with E-state index in [2.05, 4.69) is 10.2 Å². The first-order valence-electron chi connectivity index (χ1n) is 5.82. The van der Waals surface area contributed by atoms with E-state index in [-0.39, 0.29) is 11.4 Å². The molecule has 0 saturated carbocycles. The molecule has 20 heavy (non-hydrogen) atoms. The van der Waals surface area contributed by atoms with Gasteiger partial charge in [0.25, 0.3) is 0 Å². The van der Waals surface area contributed by atoms with Gasteiger partial charge in [0, 0.05) is 31.4 Å². The largest absolute Gasteiger partial charge is 0.495 e. The lowest BCUT2D eigenvalue weighted by atomic mass is 10.3. The van der Waals surface area contributed by atoms with E-state index in [1.807, 2.05) is 0 Å². The van der Waals surface area contributed by atoms with Gasteiger partial charge in [-0.25, -0.2) is 8.42 Å². The molecule has 0 fully saturated rings. The van der Waals surface area contributed by atoms with Crippen LogP contribution < -0.4 is 10.5 Å². The Kier molecular flexibility index (Phi) is 3.96. The van der Waals surface area contributed by atoms with Crippen molar-refractivity contribution in [2.24, 2.45) is 0 Å². The quantitative estimate of drug-likeness (QED) is 0.795. The zero-order valence-electron chi connectivity index (χ0n) is 11.2. The highest BCUT2D eigenvalue weighted by atomic mass is 32.2. The maximum Gasteiger partial charge on any atom is 0.243 e. The van der Waals surface area contributed by atoms with Crippen LogP contribution in [0.15, 0.2) is 35.5 Å². The highest BCUT2D eigenvalue weighted by Crippen LogP contribution is 2.26. The second-order valence-electron chi connectivity index (χ2n) is 4.27. The van der Waals surface area contributed by atoms with Gasteiger partial charge < -0.3 is 10.5 Å². The number of H-pyrrole nitrogens is 1. The summed E-state index contributed by atoms with van der Waals surface area (Å²) in [6.45, 7) is 0.228. The SMILES string of the molecule is COc1cc(S(=O)(=O)N(C)Cc2cn[nH]c2)ccc1N. The number of aromatic amines is 1. The number of ether oxygens (including phenoxy) is 1. The molecule has 0 bridgehead atoms. The van der Waals surface area contributed by atoms with Crippen molar-refractivity contribution in [1.29, 1.82) is 0 Å². The van der Waals surface area contributed by atoms with Crippen LogP contribution in [0.2, 0.25) is 0 Å². The lowest BCUT2D eigenvalue weighted by molar-refractivity contribution is 0.414. The monoisotopic (exact) mass is 296 g/mol. The summed E-state index contributed by atoms with van der Waals surface area (Å²) < 4.78 is 31.2. The molecule has 8 heteroatoms. The second kappa shape index (κ2) is 5.51. The fraction of sp³-hybridized carbons (Fsp3) is 0.250. The van der Waals surface area contributed by atoms with E-state index in [1.54, 1.807) is 12.4 Å². The van der Waals surface area contributed by atoms with Crippen LogP contribution >= 0.6 is 0 Å². The first-order chi connectivity index (χ1) is 9.45. The molecule has 0 amide bonds. The maximum atomic E-state index is 12.4. The normalized spacial score (nSPS) is 11.8. The lowest BCUT2D eigenvalue weighted by Gasteiger charge is -2.17. The van der Waals surface area contributed by atoms with Crippen LogP contribution in [0.5, 0.6) is 5.75 Å². The first kappa shape index (κ1) is 14.4. The molecular formula is C12H16N4O3S. The predicted octanol–water partition coefficient (Wildman–Crippen LogP) is 0.821. The van der Waals surface area contributed by atoms with Crippen LogP contribution in [0.1, 0.15) is 5.56 Å². The highest BCUT2D eigenvalue weighted by molar-refractivity contribution is 7.89. The Balaban J connectivity index is 2.29. The Hall–Kier alpha value is -2.06. The Bertz CT molecular complexity index is 683. The molecule has 0 spiro atoms. The van der Waals surface area contributed by atoms with E-state index < -0.39 is 10.0 Å². The molecule has 1 heterocycles. The minimum Gasteiger partial charge on any atom is -0.495 e. The Morgan fingerprint density at radius 2 is 2.20 bits per heavy atom. The maximum absolute atomic E-state index is 12.4. The standard InChI is InChI=1S/C12H16N4O3S/c1-16(8-9-6-14-15-7-9)20(17,18)10-3-4-11(13)12(5-10)19-2/h3-7H,8,13H2,1-2H3,(H,14,15). The number of nitrogens with one attached hydrogen (secondary N) is 1. The highest BCUT2D eigenvalue weighted by Gasteiger charge is 2.22. The summed E-state index contributed by atoms with van der Waals surface area (Å²) >= 11 is 0. The fourth-order valence-corrected chi connectivity index (χ4v) is 2.91. The van der Waals surface area contributed by atoms with Crippen LogP contribution in [-0.4, -0.2) is 37.1 Å². The number of benzene rings is 1. The van der Waals surface area contributed by atoms with Gasteiger partial charge in [0.15, 0.2) is 0 Å². The van der Waals surface area contributed by atoms with Gasteiger partial charge in [-0.05, 0) is 12.1 Å². The minimum absolute atomic E-state index is 0.134. The third-order valence-corrected chi connectivity index (χ3v) is 4.67.